The van der Waals surface area contributed by atoms with Gasteiger partial charge >= 0.3 is 0 Å². The van der Waals surface area contributed by atoms with Crippen molar-refractivity contribution in [3.8, 4) is 0 Å². The summed E-state index contributed by atoms with van der Waals surface area (Å²) in [4.78, 5) is 13.7. The van der Waals surface area contributed by atoms with E-state index in [-0.39, 0.29) is 11.9 Å². The van der Waals surface area contributed by atoms with Crippen LogP contribution in [0, 0.1) is 5.92 Å². The molecule has 0 spiro atoms. The van der Waals surface area contributed by atoms with E-state index in [2.05, 4.69) is 42.0 Å². The van der Waals surface area contributed by atoms with Crippen molar-refractivity contribution in [2.45, 2.75) is 33.0 Å². The summed E-state index contributed by atoms with van der Waals surface area (Å²) in [5, 5.41) is 8.54. The number of carbonyl (C=O) groups excluding carboxylic acids is 1. The second-order valence-corrected chi connectivity index (χ2v) is 6.78. The third-order valence-corrected chi connectivity index (χ3v) is 4.86. The van der Waals surface area contributed by atoms with Gasteiger partial charge in [0.1, 0.15) is 0 Å². The number of rotatable bonds is 4. The molecule has 1 aromatic heterocycles. The highest BCUT2D eigenvalue weighted by molar-refractivity contribution is 7.10. The van der Waals surface area contributed by atoms with Gasteiger partial charge in [0.2, 0.25) is 0 Å². The van der Waals surface area contributed by atoms with Gasteiger partial charge in [0.15, 0.2) is 0 Å². The molecule has 0 aliphatic carbocycles. The van der Waals surface area contributed by atoms with Gasteiger partial charge in [-0.15, -0.1) is 11.3 Å². The lowest BCUT2D eigenvalue weighted by Crippen LogP contribution is -2.31. The number of nitrogens with one attached hydrogen (secondary N) is 2. The van der Waals surface area contributed by atoms with Crippen LogP contribution in [-0.4, -0.2) is 5.91 Å². The molecule has 1 aliphatic rings. The highest BCUT2D eigenvalue weighted by Gasteiger charge is 2.21. The minimum atomic E-state index is 0.0109. The largest absolute Gasteiger partial charge is 0.344 e. The summed E-state index contributed by atoms with van der Waals surface area (Å²) in [5.41, 5.74) is 3.28. The summed E-state index contributed by atoms with van der Waals surface area (Å²) < 4.78 is 0. The van der Waals surface area contributed by atoms with Crippen molar-refractivity contribution in [1.82, 2.24) is 10.6 Å². The summed E-state index contributed by atoms with van der Waals surface area (Å²) in [6, 6.07) is 10.2. The number of fused-ring (bicyclic) bond motifs is 1. The predicted molar refractivity (Wildman–Crippen MR) is 86.3 cm³/mol. The fraction of sp³-hybridized carbons (Fsp3) is 0.353. The normalized spacial score (nSPS) is 15.0. The fourth-order valence-corrected chi connectivity index (χ4v) is 3.64. The third-order valence-electron chi connectivity index (χ3n) is 3.90. The molecule has 1 aliphatic heterocycles. The van der Waals surface area contributed by atoms with Crippen molar-refractivity contribution >= 4 is 17.2 Å². The molecule has 4 heteroatoms. The van der Waals surface area contributed by atoms with E-state index in [1.165, 1.54) is 16.0 Å². The molecule has 0 fully saturated rings. The Morgan fingerprint density at radius 3 is 2.76 bits per heavy atom. The quantitative estimate of drug-likeness (QED) is 0.907. The summed E-state index contributed by atoms with van der Waals surface area (Å²) in [7, 11) is 0. The fourth-order valence-electron chi connectivity index (χ4n) is 2.70. The van der Waals surface area contributed by atoms with Gasteiger partial charge < -0.3 is 10.6 Å². The highest BCUT2D eigenvalue weighted by Crippen LogP contribution is 2.26. The van der Waals surface area contributed by atoms with Gasteiger partial charge in [-0.3, -0.25) is 4.79 Å². The van der Waals surface area contributed by atoms with E-state index in [1.54, 1.807) is 11.3 Å². The molecule has 1 aromatic carbocycles. The molecular formula is C17H20N2OS. The van der Waals surface area contributed by atoms with Gasteiger partial charge in [0.25, 0.3) is 5.91 Å². The standard InChI is InChI=1S/C17H20N2OS/c1-11(2)16(15-4-3-7-21-15)19-17(20)12-5-6-13-9-18-10-14(13)8-12/h3-8,11,16,18H,9-10H2,1-2H3,(H,19,20). The minimum absolute atomic E-state index is 0.0109. The van der Waals surface area contributed by atoms with Crippen LogP contribution >= 0.6 is 11.3 Å². The third kappa shape index (κ3) is 3.01. The Hall–Kier alpha value is -1.65. The molecule has 1 atom stereocenters. The first kappa shape index (κ1) is 14.3. The zero-order valence-electron chi connectivity index (χ0n) is 12.3. The molecule has 1 unspecified atom stereocenters. The van der Waals surface area contributed by atoms with E-state index < -0.39 is 0 Å². The molecule has 0 radical (unpaired) electrons. The minimum Gasteiger partial charge on any atom is -0.344 e. The maximum Gasteiger partial charge on any atom is 0.251 e. The van der Waals surface area contributed by atoms with Crippen molar-refractivity contribution in [3.63, 3.8) is 0 Å². The van der Waals surface area contributed by atoms with Crippen LogP contribution < -0.4 is 10.6 Å². The van der Waals surface area contributed by atoms with Crippen molar-refractivity contribution in [1.29, 1.82) is 0 Å². The Morgan fingerprint density at radius 2 is 2.05 bits per heavy atom. The SMILES string of the molecule is CC(C)C(NC(=O)c1ccc2c(c1)CNC2)c1cccs1. The van der Waals surface area contributed by atoms with Crippen LogP contribution in [0.25, 0.3) is 0 Å². The topological polar surface area (TPSA) is 41.1 Å². The van der Waals surface area contributed by atoms with E-state index in [1.807, 2.05) is 18.2 Å². The molecule has 2 aromatic rings. The number of benzene rings is 1. The first-order valence-corrected chi connectivity index (χ1v) is 8.20. The number of hydrogen-bond acceptors (Lipinski definition) is 3. The lowest BCUT2D eigenvalue weighted by molar-refractivity contribution is 0.0926. The lowest BCUT2D eigenvalue weighted by Gasteiger charge is -2.21. The Morgan fingerprint density at radius 1 is 1.24 bits per heavy atom. The first-order valence-electron chi connectivity index (χ1n) is 7.32. The molecule has 3 rings (SSSR count). The van der Waals surface area contributed by atoms with Crippen LogP contribution in [-0.2, 0) is 13.1 Å². The van der Waals surface area contributed by atoms with Crippen molar-refractivity contribution < 1.29 is 4.79 Å². The number of amides is 1. The molecule has 21 heavy (non-hydrogen) atoms. The highest BCUT2D eigenvalue weighted by atomic mass is 32.1. The van der Waals surface area contributed by atoms with Crippen LogP contribution in [0.3, 0.4) is 0 Å². The van der Waals surface area contributed by atoms with Crippen molar-refractivity contribution in [3.05, 3.63) is 57.3 Å². The van der Waals surface area contributed by atoms with Crippen LogP contribution in [0.1, 0.15) is 46.3 Å². The van der Waals surface area contributed by atoms with E-state index >= 15 is 0 Å². The zero-order valence-corrected chi connectivity index (χ0v) is 13.2. The van der Waals surface area contributed by atoms with Gasteiger partial charge in [-0.05, 0) is 40.6 Å². The smallest absolute Gasteiger partial charge is 0.251 e. The molecular weight excluding hydrogens is 280 g/mol. The number of hydrogen-bond donors (Lipinski definition) is 2. The average Bonchev–Trinajstić information content (AvgIpc) is 3.14. The molecule has 2 N–H and O–H groups in total. The predicted octanol–water partition coefficient (Wildman–Crippen LogP) is 3.48. The molecule has 3 nitrogen and oxygen atoms in total. The summed E-state index contributed by atoms with van der Waals surface area (Å²) >= 11 is 1.69. The first-order chi connectivity index (χ1) is 10.1. The molecule has 1 amide bonds. The number of thiophene rings is 1. The van der Waals surface area contributed by atoms with Crippen molar-refractivity contribution in [2.75, 3.05) is 0 Å². The van der Waals surface area contributed by atoms with Crippen LogP contribution in [0.5, 0.6) is 0 Å². The second kappa shape index (κ2) is 6.00. The lowest BCUT2D eigenvalue weighted by atomic mass is 10.0. The van der Waals surface area contributed by atoms with Gasteiger partial charge in [0, 0.05) is 23.5 Å². The van der Waals surface area contributed by atoms with E-state index in [0.717, 1.165) is 18.7 Å². The van der Waals surface area contributed by atoms with Gasteiger partial charge in [-0.2, -0.15) is 0 Å². The van der Waals surface area contributed by atoms with Gasteiger partial charge in [-0.25, -0.2) is 0 Å². The Balaban J connectivity index is 1.78. The Kier molecular flexibility index (Phi) is 4.08. The number of carbonyl (C=O) groups is 1. The zero-order chi connectivity index (χ0) is 14.8. The average molecular weight is 300 g/mol. The van der Waals surface area contributed by atoms with Crippen LogP contribution in [0.2, 0.25) is 0 Å². The van der Waals surface area contributed by atoms with E-state index in [0.29, 0.717) is 5.92 Å². The van der Waals surface area contributed by atoms with Crippen LogP contribution in [0.4, 0.5) is 0 Å². The molecule has 0 saturated heterocycles. The Labute approximate surface area is 129 Å². The molecule has 0 bridgehead atoms. The molecule has 110 valence electrons. The maximum absolute atomic E-state index is 12.5. The van der Waals surface area contributed by atoms with Gasteiger partial charge in [-0.1, -0.05) is 26.0 Å². The summed E-state index contributed by atoms with van der Waals surface area (Å²) in [5.74, 6) is 0.375. The maximum atomic E-state index is 12.5. The van der Waals surface area contributed by atoms with Crippen LogP contribution in [0.15, 0.2) is 35.7 Å². The second-order valence-electron chi connectivity index (χ2n) is 5.80. The monoisotopic (exact) mass is 300 g/mol. The Bertz CT molecular complexity index is 634. The van der Waals surface area contributed by atoms with Gasteiger partial charge in [0.05, 0.1) is 6.04 Å². The summed E-state index contributed by atoms with van der Waals surface area (Å²) in [6.07, 6.45) is 0. The van der Waals surface area contributed by atoms with E-state index in [9.17, 15) is 4.79 Å². The van der Waals surface area contributed by atoms with Crippen molar-refractivity contribution in [2.24, 2.45) is 5.92 Å². The summed E-state index contributed by atoms with van der Waals surface area (Å²) in [6.45, 7) is 6.03. The molecule has 0 saturated carbocycles. The van der Waals surface area contributed by atoms with E-state index in [4.69, 9.17) is 0 Å². The molecule has 2 heterocycles.